The molecule has 0 spiro atoms. The predicted molar refractivity (Wildman–Crippen MR) is 195 cm³/mol. The molecule has 0 unspecified atom stereocenters. The van der Waals surface area contributed by atoms with Gasteiger partial charge in [-0.05, 0) is 75.6 Å². The summed E-state index contributed by atoms with van der Waals surface area (Å²) in [5.74, 6) is -6.92. The van der Waals surface area contributed by atoms with Crippen molar-refractivity contribution in [2.75, 3.05) is 22.9 Å². The number of carbonyl (C=O) groups is 3. The fourth-order valence-corrected chi connectivity index (χ4v) is 7.12. The lowest BCUT2D eigenvalue weighted by molar-refractivity contribution is -0.189. The van der Waals surface area contributed by atoms with Gasteiger partial charge >= 0.3 is 23.9 Å². The summed E-state index contributed by atoms with van der Waals surface area (Å²) < 4.78 is 78.6. The van der Waals surface area contributed by atoms with E-state index in [1.807, 2.05) is 0 Å². The highest BCUT2D eigenvalue weighted by molar-refractivity contribution is 6.31. The van der Waals surface area contributed by atoms with Crippen molar-refractivity contribution in [2.24, 2.45) is 0 Å². The van der Waals surface area contributed by atoms with Crippen LogP contribution >= 0.6 is 11.6 Å². The summed E-state index contributed by atoms with van der Waals surface area (Å²) in [6, 6.07) is 8.85. The highest BCUT2D eigenvalue weighted by Crippen LogP contribution is 2.44. The fraction of sp³-hybridized carbons (Fsp3) is 0.297. The van der Waals surface area contributed by atoms with Gasteiger partial charge < -0.3 is 25.3 Å². The van der Waals surface area contributed by atoms with Gasteiger partial charge in [-0.3, -0.25) is 9.36 Å². The number of para-hydroxylation sites is 1. The van der Waals surface area contributed by atoms with Crippen molar-refractivity contribution in [2.45, 2.75) is 58.4 Å². The number of amides is 3. The Balaban J connectivity index is 1.41. The minimum absolute atomic E-state index is 0.0104. The van der Waals surface area contributed by atoms with Gasteiger partial charge in [0.15, 0.2) is 11.6 Å². The summed E-state index contributed by atoms with van der Waals surface area (Å²) in [6.07, 6.45) is -4.73. The number of anilines is 3. The maximum atomic E-state index is 15.4. The standard InChI is InChI=1S/C37H32ClF5N8O5/c1-17(2)45-32(52)21-9-7-18(3)27(30(21)56-33(53)37(41,42)43)28-22-16-44-35(54)51(29-23(39)5-4-6-24(29)40)31(22)48-34(47-28)49-13-11-20(12-14-49)50-26-10-8-19(38)15-25(26)46-36(50)55/h4-10,15,17,20H,11-14,16H2,1-3H3,(H,44,54)(H,45,52)(H,46,55). The van der Waals surface area contributed by atoms with E-state index in [2.05, 4.69) is 20.6 Å². The molecule has 19 heteroatoms. The van der Waals surface area contributed by atoms with Crippen molar-refractivity contribution < 1.29 is 41.1 Å². The molecule has 0 saturated carbocycles. The zero-order valence-electron chi connectivity index (χ0n) is 29.9. The molecule has 3 N–H and O–H groups in total. The Bertz CT molecular complexity index is 2460. The van der Waals surface area contributed by atoms with Crippen LogP contribution in [0.2, 0.25) is 5.02 Å². The Morgan fingerprint density at radius 2 is 1.71 bits per heavy atom. The SMILES string of the molecule is Cc1ccc(C(=O)NC(C)C)c(OC(=O)C(F)(F)F)c1-c1nc(N2CCC(n3c(=O)[nH]c4cc(Cl)ccc43)CC2)nc2c1CNC(=O)N2c1c(F)cccc1F. The van der Waals surface area contributed by atoms with Gasteiger partial charge in [0, 0.05) is 41.3 Å². The molecule has 1 fully saturated rings. The van der Waals surface area contributed by atoms with E-state index in [1.165, 1.54) is 19.1 Å². The van der Waals surface area contributed by atoms with Crippen LogP contribution in [0.25, 0.3) is 22.3 Å². The number of hydrogen-bond donors (Lipinski definition) is 3. The molecule has 5 aromatic rings. The second-order valence-electron chi connectivity index (χ2n) is 13.6. The normalized spacial score (nSPS) is 14.9. The molecule has 0 bridgehead atoms. The molecule has 0 radical (unpaired) electrons. The van der Waals surface area contributed by atoms with Crippen molar-refractivity contribution in [3.8, 4) is 17.0 Å². The van der Waals surface area contributed by atoms with Gasteiger partial charge in [-0.2, -0.15) is 18.2 Å². The maximum Gasteiger partial charge on any atom is 0.491 e. The minimum atomic E-state index is -5.47. The number of nitrogens with zero attached hydrogens (tertiary/aromatic N) is 5. The van der Waals surface area contributed by atoms with Crippen LogP contribution in [0.5, 0.6) is 5.75 Å². The van der Waals surface area contributed by atoms with E-state index in [4.69, 9.17) is 21.3 Å². The Hall–Kier alpha value is -6.04. The van der Waals surface area contributed by atoms with Crippen molar-refractivity contribution in [3.63, 3.8) is 0 Å². The molecule has 0 aliphatic carbocycles. The zero-order valence-corrected chi connectivity index (χ0v) is 30.6. The van der Waals surface area contributed by atoms with Crippen LogP contribution in [0, 0.1) is 18.6 Å². The molecular formula is C37H32ClF5N8O5. The van der Waals surface area contributed by atoms with E-state index in [0.29, 0.717) is 33.8 Å². The number of urea groups is 1. The summed E-state index contributed by atoms with van der Waals surface area (Å²) in [5.41, 5.74) is -0.615. The van der Waals surface area contributed by atoms with Gasteiger partial charge in [0.05, 0.1) is 28.8 Å². The maximum absolute atomic E-state index is 15.4. The first-order valence-electron chi connectivity index (χ1n) is 17.3. The molecule has 56 heavy (non-hydrogen) atoms. The third kappa shape index (κ3) is 7.00. The van der Waals surface area contributed by atoms with E-state index in [1.54, 1.807) is 41.5 Å². The van der Waals surface area contributed by atoms with Crippen molar-refractivity contribution in [1.29, 1.82) is 0 Å². The topological polar surface area (TPSA) is 155 Å². The fourth-order valence-electron chi connectivity index (χ4n) is 6.95. The highest BCUT2D eigenvalue weighted by atomic mass is 35.5. The quantitative estimate of drug-likeness (QED) is 0.0920. The third-order valence-corrected chi connectivity index (χ3v) is 9.69. The summed E-state index contributed by atoms with van der Waals surface area (Å²) in [5, 5.41) is 5.53. The van der Waals surface area contributed by atoms with Crippen LogP contribution in [0.1, 0.15) is 54.2 Å². The number of ether oxygens (including phenoxy) is 1. The summed E-state index contributed by atoms with van der Waals surface area (Å²) in [4.78, 5) is 66.9. The molecule has 292 valence electrons. The number of rotatable bonds is 7. The van der Waals surface area contributed by atoms with E-state index in [-0.39, 0.29) is 65.5 Å². The molecular weight excluding hydrogens is 767 g/mol. The molecule has 2 aliphatic heterocycles. The van der Waals surface area contributed by atoms with Gasteiger partial charge in [-0.15, -0.1) is 0 Å². The molecule has 3 aromatic carbocycles. The highest BCUT2D eigenvalue weighted by Gasteiger charge is 2.43. The van der Waals surface area contributed by atoms with Crippen molar-refractivity contribution in [3.05, 3.63) is 92.4 Å². The number of nitrogens with one attached hydrogen (secondary N) is 3. The number of H-pyrrole nitrogens is 1. The number of alkyl halides is 3. The molecule has 1 saturated heterocycles. The van der Waals surface area contributed by atoms with E-state index in [9.17, 15) is 32.3 Å². The van der Waals surface area contributed by atoms with E-state index >= 15 is 8.78 Å². The molecule has 4 heterocycles. The molecule has 13 nitrogen and oxygen atoms in total. The van der Waals surface area contributed by atoms with Gasteiger partial charge in [-0.25, -0.2) is 33.0 Å². The first-order valence-corrected chi connectivity index (χ1v) is 17.7. The second kappa shape index (κ2) is 14.6. The lowest BCUT2D eigenvalue weighted by Crippen LogP contribution is -2.44. The molecule has 2 aromatic heterocycles. The summed E-state index contributed by atoms with van der Waals surface area (Å²) in [7, 11) is 0. The number of aromatic amines is 1. The largest absolute Gasteiger partial charge is 0.491 e. The van der Waals surface area contributed by atoms with Gasteiger partial charge in [0.2, 0.25) is 5.95 Å². The summed E-state index contributed by atoms with van der Waals surface area (Å²) in [6.45, 7) is 4.76. The Labute approximate surface area is 319 Å². The minimum Gasteiger partial charge on any atom is -0.418 e. The first-order chi connectivity index (χ1) is 26.5. The number of halogens is 6. The van der Waals surface area contributed by atoms with Crippen LogP contribution in [0.3, 0.4) is 0 Å². The van der Waals surface area contributed by atoms with Crippen LogP contribution < -0.4 is 30.9 Å². The molecule has 0 atom stereocenters. The lowest BCUT2D eigenvalue weighted by Gasteiger charge is -2.35. The van der Waals surface area contributed by atoms with Gasteiger partial charge in [0.1, 0.15) is 17.3 Å². The predicted octanol–water partition coefficient (Wildman–Crippen LogP) is 6.84. The number of piperidine rings is 1. The van der Waals surface area contributed by atoms with Crippen LogP contribution in [0.15, 0.2) is 53.3 Å². The van der Waals surface area contributed by atoms with E-state index in [0.717, 1.165) is 18.2 Å². The van der Waals surface area contributed by atoms with E-state index < -0.39 is 58.8 Å². The second-order valence-corrected chi connectivity index (χ2v) is 14.0. The number of imidazole rings is 1. The molecule has 3 amide bonds. The van der Waals surface area contributed by atoms with Gasteiger partial charge in [0.25, 0.3) is 5.91 Å². The third-order valence-electron chi connectivity index (χ3n) is 9.45. The average Bonchev–Trinajstić information content (AvgIpc) is 3.45. The lowest BCUT2D eigenvalue weighted by atomic mass is 9.95. The van der Waals surface area contributed by atoms with Crippen molar-refractivity contribution >= 4 is 58.0 Å². The summed E-state index contributed by atoms with van der Waals surface area (Å²) >= 11 is 6.13. The first kappa shape index (κ1) is 38.2. The average molecular weight is 799 g/mol. The van der Waals surface area contributed by atoms with Crippen LogP contribution in [-0.4, -0.2) is 62.7 Å². The number of esters is 1. The number of aromatic nitrogens is 4. The number of hydrogen-bond acceptors (Lipinski definition) is 8. The van der Waals surface area contributed by atoms with Crippen LogP contribution in [-0.2, 0) is 11.3 Å². The monoisotopic (exact) mass is 798 g/mol. The number of aryl methyl sites for hydroxylation is 1. The smallest absolute Gasteiger partial charge is 0.418 e. The Kier molecular flexibility index (Phi) is 9.94. The molecule has 2 aliphatic rings. The Morgan fingerprint density at radius 3 is 2.38 bits per heavy atom. The number of benzene rings is 3. The van der Waals surface area contributed by atoms with Crippen LogP contribution in [0.4, 0.5) is 44.2 Å². The Morgan fingerprint density at radius 1 is 1.02 bits per heavy atom. The van der Waals surface area contributed by atoms with Crippen molar-refractivity contribution in [1.82, 2.24) is 30.2 Å². The number of fused-ring (bicyclic) bond motifs is 2. The number of carbonyl (C=O) groups excluding carboxylic acids is 3. The molecule has 7 rings (SSSR count). The zero-order chi connectivity index (χ0) is 40.2. The van der Waals surface area contributed by atoms with Gasteiger partial charge in [-0.1, -0.05) is 23.7 Å².